The first kappa shape index (κ1) is 17.2. The lowest BCUT2D eigenvalue weighted by atomic mass is 10.1. The number of hydrogen-bond acceptors (Lipinski definition) is 5. The largest absolute Gasteiger partial charge is 0.385 e. The van der Waals surface area contributed by atoms with Gasteiger partial charge in [-0.15, -0.1) is 0 Å². The molecule has 0 aliphatic rings. The zero-order valence-electron chi connectivity index (χ0n) is 15.5. The smallest absolute Gasteiger partial charge is 0.256 e. The predicted octanol–water partition coefficient (Wildman–Crippen LogP) is 2.77. The molecule has 0 saturated heterocycles. The second-order valence-electron chi connectivity index (χ2n) is 6.70. The number of pyridine rings is 1. The molecule has 0 aliphatic carbocycles. The number of imidazole rings is 1. The SMILES string of the molecule is Cc1cc(C(=O)Nc2ccc3nc(C(C)O)[nH]c3c2)c2c(C)nn(C)c2n1. The summed E-state index contributed by atoms with van der Waals surface area (Å²) < 4.78 is 1.68. The highest BCUT2D eigenvalue weighted by Crippen LogP contribution is 2.24. The molecule has 8 heteroatoms. The number of hydrogen-bond donors (Lipinski definition) is 3. The van der Waals surface area contributed by atoms with E-state index in [1.165, 1.54) is 0 Å². The summed E-state index contributed by atoms with van der Waals surface area (Å²) in [6.45, 7) is 5.37. The number of aromatic amines is 1. The molecule has 3 N–H and O–H groups in total. The summed E-state index contributed by atoms with van der Waals surface area (Å²) in [5.74, 6) is 0.266. The molecule has 3 heterocycles. The van der Waals surface area contributed by atoms with Crippen LogP contribution in [0.4, 0.5) is 5.69 Å². The lowest BCUT2D eigenvalue weighted by molar-refractivity contribution is 0.102. The van der Waals surface area contributed by atoms with E-state index in [1.807, 2.05) is 20.9 Å². The molecule has 4 aromatic rings. The molecule has 0 fully saturated rings. The Bertz CT molecular complexity index is 1190. The van der Waals surface area contributed by atoms with Crippen molar-refractivity contribution < 1.29 is 9.90 Å². The predicted molar refractivity (Wildman–Crippen MR) is 103 cm³/mol. The van der Waals surface area contributed by atoms with Crippen molar-refractivity contribution in [3.05, 3.63) is 47.0 Å². The van der Waals surface area contributed by atoms with E-state index < -0.39 is 6.10 Å². The topological polar surface area (TPSA) is 109 Å². The summed E-state index contributed by atoms with van der Waals surface area (Å²) in [5.41, 5.74) is 4.85. The van der Waals surface area contributed by atoms with E-state index in [0.29, 0.717) is 22.7 Å². The molecule has 1 aromatic carbocycles. The summed E-state index contributed by atoms with van der Waals surface area (Å²) >= 11 is 0. The van der Waals surface area contributed by atoms with Gasteiger partial charge in [0.25, 0.3) is 5.91 Å². The minimum atomic E-state index is -0.683. The Labute approximate surface area is 155 Å². The highest BCUT2D eigenvalue weighted by molar-refractivity contribution is 6.13. The molecule has 1 unspecified atom stereocenters. The van der Waals surface area contributed by atoms with Crippen LogP contribution in [0.25, 0.3) is 22.1 Å². The number of rotatable bonds is 3. The summed E-state index contributed by atoms with van der Waals surface area (Å²) in [6, 6.07) is 7.16. The molecule has 138 valence electrons. The maximum atomic E-state index is 12.9. The van der Waals surface area contributed by atoms with Gasteiger partial charge in [-0.3, -0.25) is 9.48 Å². The third-order valence-electron chi connectivity index (χ3n) is 4.50. The molecule has 3 aromatic heterocycles. The minimum Gasteiger partial charge on any atom is -0.385 e. The standard InChI is InChI=1S/C19H20N6O2/c1-9-7-13(16-10(2)24-25(4)18(16)20-9)19(27)21-12-5-6-14-15(8-12)23-17(22-14)11(3)26/h5-8,11,26H,1-4H3,(H,21,27)(H,22,23). The molecule has 0 spiro atoms. The highest BCUT2D eigenvalue weighted by Gasteiger charge is 2.18. The van der Waals surface area contributed by atoms with Crippen LogP contribution < -0.4 is 5.32 Å². The Morgan fingerprint density at radius 2 is 2.04 bits per heavy atom. The lowest BCUT2D eigenvalue weighted by Gasteiger charge is -2.08. The molecule has 0 saturated carbocycles. The summed E-state index contributed by atoms with van der Waals surface area (Å²) in [4.78, 5) is 24.8. The van der Waals surface area contributed by atoms with Crippen LogP contribution in [0.2, 0.25) is 0 Å². The molecule has 27 heavy (non-hydrogen) atoms. The Hall–Kier alpha value is -3.26. The number of aromatic nitrogens is 5. The van der Waals surface area contributed by atoms with E-state index in [9.17, 15) is 9.90 Å². The zero-order valence-corrected chi connectivity index (χ0v) is 15.5. The number of carbonyl (C=O) groups excluding carboxylic acids is 1. The first-order valence-corrected chi connectivity index (χ1v) is 8.63. The van der Waals surface area contributed by atoms with Gasteiger partial charge in [-0.05, 0) is 45.0 Å². The van der Waals surface area contributed by atoms with Crippen molar-refractivity contribution in [2.45, 2.75) is 26.9 Å². The van der Waals surface area contributed by atoms with Gasteiger partial charge in [-0.25, -0.2) is 9.97 Å². The molecule has 1 amide bonds. The van der Waals surface area contributed by atoms with Crippen LogP contribution in [0.3, 0.4) is 0 Å². The van der Waals surface area contributed by atoms with E-state index in [1.54, 1.807) is 35.9 Å². The molecule has 0 radical (unpaired) electrons. The molecular formula is C19H20N6O2. The number of aliphatic hydroxyl groups is 1. The molecule has 8 nitrogen and oxygen atoms in total. The summed E-state index contributed by atoms with van der Waals surface area (Å²) in [6.07, 6.45) is -0.683. The maximum Gasteiger partial charge on any atom is 0.256 e. The van der Waals surface area contributed by atoms with E-state index in [4.69, 9.17) is 0 Å². The Morgan fingerprint density at radius 3 is 2.78 bits per heavy atom. The van der Waals surface area contributed by atoms with Crippen LogP contribution in [-0.4, -0.2) is 35.7 Å². The van der Waals surface area contributed by atoms with Crippen molar-refractivity contribution in [3.63, 3.8) is 0 Å². The maximum absolute atomic E-state index is 12.9. The lowest BCUT2D eigenvalue weighted by Crippen LogP contribution is -2.13. The van der Waals surface area contributed by atoms with Gasteiger partial charge in [0.1, 0.15) is 11.9 Å². The van der Waals surface area contributed by atoms with Crippen LogP contribution in [0.5, 0.6) is 0 Å². The average Bonchev–Trinajstić information content (AvgIpc) is 3.15. The second kappa shape index (κ2) is 6.17. The van der Waals surface area contributed by atoms with E-state index in [-0.39, 0.29) is 5.91 Å². The number of aryl methyl sites for hydroxylation is 3. The Balaban J connectivity index is 1.72. The number of anilines is 1. The van der Waals surface area contributed by atoms with Gasteiger partial charge in [0.2, 0.25) is 0 Å². The number of carbonyl (C=O) groups is 1. The first-order chi connectivity index (χ1) is 12.8. The third kappa shape index (κ3) is 2.93. The Kier molecular flexibility index (Phi) is 3.92. The van der Waals surface area contributed by atoms with Crippen molar-refractivity contribution >= 4 is 33.7 Å². The monoisotopic (exact) mass is 364 g/mol. The van der Waals surface area contributed by atoms with Crippen molar-refractivity contribution in [2.24, 2.45) is 7.05 Å². The van der Waals surface area contributed by atoms with Gasteiger partial charge in [-0.2, -0.15) is 5.10 Å². The fourth-order valence-electron chi connectivity index (χ4n) is 3.25. The minimum absolute atomic E-state index is 0.226. The van der Waals surface area contributed by atoms with Crippen molar-refractivity contribution in [1.82, 2.24) is 24.7 Å². The van der Waals surface area contributed by atoms with Crippen LogP contribution in [-0.2, 0) is 7.05 Å². The summed E-state index contributed by atoms with van der Waals surface area (Å²) in [7, 11) is 1.81. The van der Waals surface area contributed by atoms with E-state index >= 15 is 0 Å². The van der Waals surface area contributed by atoms with Gasteiger partial charge >= 0.3 is 0 Å². The van der Waals surface area contributed by atoms with E-state index in [0.717, 1.165) is 27.8 Å². The number of nitrogens with zero attached hydrogens (tertiary/aromatic N) is 4. The number of nitrogens with one attached hydrogen (secondary N) is 2. The number of amides is 1. The fraction of sp³-hybridized carbons (Fsp3) is 0.263. The number of benzene rings is 1. The first-order valence-electron chi connectivity index (χ1n) is 8.63. The van der Waals surface area contributed by atoms with Gasteiger partial charge in [0, 0.05) is 18.4 Å². The third-order valence-corrected chi connectivity index (χ3v) is 4.50. The van der Waals surface area contributed by atoms with Gasteiger partial charge < -0.3 is 15.4 Å². The van der Waals surface area contributed by atoms with E-state index in [2.05, 4.69) is 25.4 Å². The van der Waals surface area contributed by atoms with Crippen LogP contribution in [0.1, 0.15) is 40.6 Å². The van der Waals surface area contributed by atoms with Gasteiger partial charge in [0.15, 0.2) is 5.65 Å². The molecule has 1 atom stereocenters. The normalized spacial score (nSPS) is 12.6. The zero-order chi connectivity index (χ0) is 19.3. The number of H-pyrrole nitrogens is 1. The molecule has 0 bridgehead atoms. The van der Waals surface area contributed by atoms with Crippen LogP contribution in [0, 0.1) is 13.8 Å². The number of fused-ring (bicyclic) bond motifs is 2. The van der Waals surface area contributed by atoms with Crippen molar-refractivity contribution in [2.75, 3.05) is 5.32 Å². The molecule has 4 rings (SSSR count). The van der Waals surface area contributed by atoms with Gasteiger partial charge in [-0.1, -0.05) is 0 Å². The quantitative estimate of drug-likeness (QED) is 0.518. The van der Waals surface area contributed by atoms with Crippen LogP contribution >= 0.6 is 0 Å². The average molecular weight is 364 g/mol. The fourth-order valence-corrected chi connectivity index (χ4v) is 3.25. The number of aliphatic hydroxyl groups excluding tert-OH is 1. The Morgan fingerprint density at radius 1 is 1.26 bits per heavy atom. The molecule has 0 aliphatic heterocycles. The van der Waals surface area contributed by atoms with Crippen molar-refractivity contribution in [3.8, 4) is 0 Å². The second-order valence-corrected chi connectivity index (χ2v) is 6.70. The van der Waals surface area contributed by atoms with Gasteiger partial charge in [0.05, 0.1) is 27.7 Å². The molecular weight excluding hydrogens is 344 g/mol. The highest BCUT2D eigenvalue weighted by atomic mass is 16.3. The van der Waals surface area contributed by atoms with Crippen LogP contribution in [0.15, 0.2) is 24.3 Å². The van der Waals surface area contributed by atoms with Crippen molar-refractivity contribution in [1.29, 1.82) is 0 Å². The summed E-state index contributed by atoms with van der Waals surface area (Å²) in [5, 5.41) is 17.7.